The maximum atomic E-state index is 12.7. The molecule has 0 fully saturated rings. The van der Waals surface area contributed by atoms with Gasteiger partial charge in [-0.3, -0.25) is 0 Å². The lowest BCUT2D eigenvalue weighted by molar-refractivity contribution is -0.137. The first kappa shape index (κ1) is 15.8. The van der Waals surface area contributed by atoms with Gasteiger partial charge in [-0.25, -0.2) is 4.79 Å². The number of rotatable bonds is 3. The summed E-state index contributed by atoms with van der Waals surface area (Å²) in [6.07, 6.45) is -4.46. The van der Waals surface area contributed by atoms with Crippen molar-refractivity contribution in [1.82, 2.24) is 5.16 Å². The van der Waals surface area contributed by atoms with Crippen LogP contribution in [0.2, 0.25) is 0 Å². The molecule has 0 bridgehead atoms. The number of carbonyl (C=O) groups excluding carboxylic acids is 1. The molecular formula is C17H10F3NO3. The molecule has 0 amide bonds. The highest BCUT2D eigenvalue weighted by Crippen LogP contribution is 2.32. The van der Waals surface area contributed by atoms with Gasteiger partial charge in [0.25, 0.3) is 0 Å². The van der Waals surface area contributed by atoms with E-state index >= 15 is 0 Å². The molecule has 0 saturated heterocycles. The molecule has 1 heterocycles. The fourth-order valence-electron chi connectivity index (χ4n) is 2.02. The highest BCUT2D eigenvalue weighted by atomic mass is 19.4. The van der Waals surface area contributed by atoms with Gasteiger partial charge in [-0.1, -0.05) is 35.5 Å². The summed E-state index contributed by atoms with van der Waals surface area (Å²) in [6, 6.07) is 14.1. The lowest BCUT2D eigenvalue weighted by atomic mass is 10.1. The van der Waals surface area contributed by atoms with Crippen molar-refractivity contribution in [3.8, 4) is 17.2 Å². The summed E-state index contributed by atoms with van der Waals surface area (Å²) in [6.45, 7) is 0. The lowest BCUT2D eigenvalue weighted by Gasteiger charge is -2.06. The van der Waals surface area contributed by atoms with E-state index in [1.165, 1.54) is 18.2 Å². The summed E-state index contributed by atoms with van der Waals surface area (Å²) >= 11 is 0. The Labute approximate surface area is 134 Å². The third-order valence-electron chi connectivity index (χ3n) is 3.18. The number of hydrogen-bond donors (Lipinski definition) is 0. The largest absolute Gasteiger partial charge is 0.416 e. The summed E-state index contributed by atoms with van der Waals surface area (Å²) in [5.41, 5.74) is -0.145. The summed E-state index contributed by atoms with van der Waals surface area (Å²) in [7, 11) is 0. The minimum Gasteiger partial charge on any atom is -0.387 e. The summed E-state index contributed by atoms with van der Waals surface area (Å²) in [5.74, 6) is -0.849. The number of carbonyl (C=O) groups is 1. The van der Waals surface area contributed by atoms with Crippen LogP contribution >= 0.6 is 0 Å². The summed E-state index contributed by atoms with van der Waals surface area (Å²) < 4.78 is 48.1. The molecule has 0 N–H and O–H groups in total. The van der Waals surface area contributed by atoms with Gasteiger partial charge in [-0.05, 0) is 24.3 Å². The quantitative estimate of drug-likeness (QED) is 0.658. The van der Waals surface area contributed by atoms with Gasteiger partial charge in [0.1, 0.15) is 5.69 Å². The topological polar surface area (TPSA) is 52.3 Å². The monoisotopic (exact) mass is 333 g/mol. The number of ether oxygens (including phenoxy) is 1. The van der Waals surface area contributed by atoms with Crippen LogP contribution in [-0.4, -0.2) is 11.1 Å². The zero-order valence-electron chi connectivity index (χ0n) is 12.1. The molecule has 24 heavy (non-hydrogen) atoms. The molecule has 0 aliphatic carbocycles. The van der Waals surface area contributed by atoms with E-state index in [1.54, 1.807) is 30.3 Å². The molecule has 122 valence electrons. The van der Waals surface area contributed by atoms with Crippen LogP contribution in [0.5, 0.6) is 5.95 Å². The van der Waals surface area contributed by atoms with Gasteiger partial charge in [-0.2, -0.15) is 13.2 Å². The molecule has 0 spiro atoms. The number of benzene rings is 2. The van der Waals surface area contributed by atoms with Crippen LogP contribution in [0.1, 0.15) is 15.9 Å². The third-order valence-corrected chi connectivity index (χ3v) is 3.18. The summed E-state index contributed by atoms with van der Waals surface area (Å²) in [5, 5.41) is 3.64. The van der Waals surface area contributed by atoms with Crippen LogP contribution in [0.3, 0.4) is 0 Å². The predicted molar refractivity (Wildman–Crippen MR) is 78.3 cm³/mol. The fourth-order valence-corrected chi connectivity index (χ4v) is 2.02. The molecule has 3 aromatic rings. The van der Waals surface area contributed by atoms with E-state index in [0.29, 0.717) is 5.56 Å². The van der Waals surface area contributed by atoms with E-state index in [9.17, 15) is 18.0 Å². The molecule has 0 aliphatic rings. The maximum absolute atomic E-state index is 12.7. The Bertz CT molecular complexity index is 857. The van der Waals surface area contributed by atoms with Crippen molar-refractivity contribution < 1.29 is 27.2 Å². The third kappa shape index (κ3) is 3.45. The molecule has 0 saturated carbocycles. The van der Waals surface area contributed by atoms with Crippen LogP contribution < -0.4 is 4.74 Å². The van der Waals surface area contributed by atoms with Crippen LogP contribution in [0, 0.1) is 0 Å². The Morgan fingerprint density at radius 2 is 1.75 bits per heavy atom. The van der Waals surface area contributed by atoms with Crippen molar-refractivity contribution in [1.29, 1.82) is 0 Å². The molecular weight excluding hydrogens is 323 g/mol. The maximum Gasteiger partial charge on any atom is 0.416 e. The smallest absolute Gasteiger partial charge is 0.387 e. The van der Waals surface area contributed by atoms with Crippen molar-refractivity contribution in [2.45, 2.75) is 6.18 Å². The van der Waals surface area contributed by atoms with E-state index in [-0.39, 0.29) is 17.2 Å². The first-order chi connectivity index (χ1) is 11.4. The fraction of sp³-hybridized carbons (Fsp3) is 0.0588. The second kappa shape index (κ2) is 6.19. The Balaban J connectivity index is 1.80. The van der Waals surface area contributed by atoms with Gasteiger partial charge in [0, 0.05) is 5.56 Å². The Morgan fingerprint density at radius 3 is 2.46 bits per heavy atom. The van der Waals surface area contributed by atoms with E-state index in [1.807, 2.05) is 0 Å². The van der Waals surface area contributed by atoms with Crippen LogP contribution in [0.25, 0.3) is 11.3 Å². The number of esters is 1. The Morgan fingerprint density at radius 1 is 1.00 bits per heavy atom. The average Bonchev–Trinajstić information content (AvgIpc) is 3.03. The van der Waals surface area contributed by atoms with Gasteiger partial charge in [0.2, 0.25) is 0 Å². The molecule has 0 atom stereocenters. The molecule has 7 heteroatoms. The Hall–Kier alpha value is -3.09. The van der Waals surface area contributed by atoms with Crippen molar-refractivity contribution >= 4 is 5.97 Å². The average molecular weight is 333 g/mol. The minimum absolute atomic E-state index is 0.136. The van der Waals surface area contributed by atoms with Crippen molar-refractivity contribution in [2.75, 3.05) is 0 Å². The van der Waals surface area contributed by atoms with Gasteiger partial charge in [0.15, 0.2) is 0 Å². The molecule has 1 aromatic heterocycles. The second-order valence-electron chi connectivity index (χ2n) is 4.87. The number of hydrogen-bond acceptors (Lipinski definition) is 4. The van der Waals surface area contributed by atoms with E-state index in [2.05, 4.69) is 5.16 Å². The van der Waals surface area contributed by atoms with Crippen LogP contribution in [-0.2, 0) is 6.18 Å². The molecule has 2 aromatic carbocycles. The molecule has 3 rings (SSSR count). The Kier molecular flexibility index (Phi) is 4.07. The van der Waals surface area contributed by atoms with E-state index < -0.39 is 17.7 Å². The van der Waals surface area contributed by atoms with Gasteiger partial charge in [0.05, 0.1) is 17.2 Å². The van der Waals surface area contributed by atoms with Gasteiger partial charge < -0.3 is 9.26 Å². The van der Waals surface area contributed by atoms with Gasteiger partial charge in [-0.15, -0.1) is 0 Å². The highest BCUT2D eigenvalue weighted by Gasteiger charge is 2.30. The molecule has 0 radical (unpaired) electrons. The number of halogens is 3. The number of alkyl halides is 3. The zero-order valence-corrected chi connectivity index (χ0v) is 12.1. The minimum atomic E-state index is -4.46. The van der Waals surface area contributed by atoms with E-state index in [0.717, 1.165) is 12.1 Å². The second-order valence-corrected chi connectivity index (χ2v) is 4.87. The first-order valence-corrected chi connectivity index (χ1v) is 6.85. The van der Waals surface area contributed by atoms with Crippen LogP contribution in [0.15, 0.2) is 65.2 Å². The normalized spacial score (nSPS) is 11.3. The van der Waals surface area contributed by atoms with Crippen molar-refractivity contribution in [2.24, 2.45) is 0 Å². The number of aromatic nitrogens is 1. The molecule has 0 aliphatic heterocycles. The van der Waals surface area contributed by atoms with Gasteiger partial charge >= 0.3 is 18.1 Å². The lowest BCUT2D eigenvalue weighted by Crippen LogP contribution is -2.07. The summed E-state index contributed by atoms with van der Waals surface area (Å²) in [4.78, 5) is 11.9. The van der Waals surface area contributed by atoms with Crippen LogP contribution in [0.4, 0.5) is 13.2 Å². The predicted octanol–water partition coefficient (Wildman–Crippen LogP) is 4.58. The molecule has 4 nitrogen and oxygen atoms in total. The molecule has 0 unspecified atom stereocenters. The van der Waals surface area contributed by atoms with Crippen molar-refractivity contribution in [3.05, 3.63) is 71.8 Å². The first-order valence-electron chi connectivity index (χ1n) is 6.85. The highest BCUT2D eigenvalue weighted by molar-refractivity contribution is 5.90. The SMILES string of the molecule is O=C(Oc1cc(-c2cccc(C(F)(F)F)c2)no1)c1ccccc1. The van der Waals surface area contributed by atoms with E-state index in [4.69, 9.17) is 9.26 Å². The zero-order chi connectivity index (χ0) is 17.2. The number of nitrogens with zero attached hydrogens (tertiary/aromatic N) is 1. The standard InChI is InChI=1S/C17H10F3NO3/c18-17(19,20)13-8-4-7-12(9-13)14-10-15(24-21-14)23-16(22)11-5-2-1-3-6-11/h1-10H. The van der Waals surface area contributed by atoms with Crippen molar-refractivity contribution in [3.63, 3.8) is 0 Å².